The fourth-order valence-corrected chi connectivity index (χ4v) is 3.55. The Morgan fingerprint density at radius 1 is 1.24 bits per heavy atom. The first-order chi connectivity index (χ1) is 13.8. The van der Waals surface area contributed by atoms with E-state index in [9.17, 15) is 15.0 Å². The Morgan fingerprint density at radius 2 is 1.97 bits per heavy atom. The maximum atomic E-state index is 12.5. The zero-order valence-electron chi connectivity index (χ0n) is 17.1. The number of aromatic hydroxyl groups is 2. The van der Waals surface area contributed by atoms with Crippen molar-refractivity contribution in [3.8, 4) is 22.8 Å². The van der Waals surface area contributed by atoms with Gasteiger partial charge in [-0.15, -0.1) is 0 Å². The smallest absolute Gasteiger partial charge is 0.268 e. The van der Waals surface area contributed by atoms with Gasteiger partial charge in [0.15, 0.2) is 0 Å². The summed E-state index contributed by atoms with van der Waals surface area (Å²) < 4.78 is 5.26. The molecule has 1 saturated carbocycles. The SMILES string of the molecule is C=C/C(=C\C(C)=C(/C)OC)Cc1c(-c2cc(C3CCC3)c(O)cc2O)[nH][nH]c1=O. The Bertz CT molecular complexity index is 1040. The summed E-state index contributed by atoms with van der Waals surface area (Å²) in [7, 11) is 1.61. The summed E-state index contributed by atoms with van der Waals surface area (Å²) in [4.78, 5) is 12.5. The molecule has 0 bridgehead atoms. The second kappa shape index (κ2) is 8.47. The van der Waals surface area contributed by atoms with Crippen LogP contribution in [-0.4, -0.2) is 27.5 Å². The molecule has 0 aliphatic heterocycles. The number of H-pyrrole nitrogens is 2. The molecule has 1 aromatic heterocycles. The van der Waals surface area contributed by atoms with E-state index in [4.69, 9.17) is 4.74 Å². The van der Waals surface area contributed by atoms with Gasteiger partial charge in [0.2, 0.25) is 0 Å². The second-order valence-electron chi connectivity index (χ2n) is 7.53. The number of methoxy groups -OCH3 is 1. The molecule has 0 spiro atoms. The summed E-state index contributed by atoms with van der Waals surface area (Å²) in [5.74, 6) is 1.10. The monoisotopic (exact) mass is 396 g/mol. The molecule has 2 aromatic rings. The number of hydrogen-bond acceptors (Lipinski definition) is 4. The van der Waals surface area contributed by atoms with Crippen LogP contribution < -0.4 is 5.56 Å². The van der Waals surface area contributed by atoms with Gasteiger partial charge in [-0.05, 0) is 55.4 Å². The molecular weight excluding hydrogens is 368 g/mol. The third kappa shape index (κ3) is 4.16. The van der Waals surface area contributed by atoms with E-state index in [0.29, 0.717) is 23.2 Å². The van der Waals surface area contributed by atoms with Crippen molar-refractivity contribution in [3.05, 3.63) is 69.2 Å². The number of ether oxygens (including phenoxy) is 1. The first kappa shape index (κ1) is 20.6. The largest absolute Gasteiger partial charge is 0.508 e. The molecule has 6 nitrogen and oxygen atoms in total. The van der Waals surface area contributed by atoms with Gasteiger partial charge in [0.25, 0.3) is 5.56 Å². The van der Waals surface area contributed by atoms with Crippen LogP contribution in [0.15, 0.2) is 52.6 Å². The van der Waals surface area contributed by atoms with Crippen molar-refractivity contribution in [3.63, 3.8) is 0 Å². The van der Waals surface area contributed by atoms with Crippen molar-refractivity contribution in [2.75, 3.05) is 7.11 Å². The summed E-state index contributed by atoms with van der Waals surface area (Å²) >= 11 is 0. The fourth-order valence-electron chi connectivity index (χ4n) is 3.55. The molecule has 6 heteroatoms. The molecule has 154 valence electrons. The van der Waals surface area contributed by atoms with Gasteiger partial charge >= 0.3 is 0 Å². The fraction of sp³-hybridized carbons (Fsp3) is 0.348. The Hall–Kier alpha value is -3.15. The Morgan fingerprint density at radius 3 is 2.55 bits per heavy atom. The van der Waals surface area contributed by atoms with Gasteiger partial charge < -0.3 is 14.9 Å². The molecule has 1 heterocycles. The number of benzene rings is 1. The molecule has 1 aliphatic rings. The molecule has 4 N–H and O–H groups in total. The van der Waals surface area contributed by atoms with Crippen molar-refractivity contribution in [2.24, 2.45) is 0 Å². The van der Waals surface area contributed by atoms with E-state index in [1.54, 1.807) is 19.3 Å². The van der Waals surface area contributed by atoms with E-state index in [1.807, 2.05) is 19.9 Å². The average Bonchev–Trinajstić information content (AvgIpc) is 3.01. The highest BCUT2D eigenvalue weighted by molar-refractivity contribution is 5.72. The number of aromatic amines is 2. The first-order valence-corrected chi connectivity index (χ1v) is 9.75. The molecule has 3 rings (SSSR count). The number of nitrogens with one attached hydrogen (secondary N) is 2. The second-order valence-corrected chi connectivity index (χ2v) is 7.53. The van der Waals surface area contributed by atoms with E-state index in [0.717, 1.165) is 41.7 Å². The number of allylic oxidation sites excluding steroid dienone is 5. The lowest BCUT2D eigenvalue weighted by Gasteiger charge is -2.27. The first-order valence-electron chi connectivity index (χ1n) is 9.75. The predicted octanol–water partition coefficient (Wildman–Crippen LogP) is 4.64. The van der Waals surface area contributed by atoms with Crippen molar-refractivity contribution >= 4 is 0 Å². The number of rotatable bonds is 7. The van der Waals surface area contributed by atoms with Crippen LogP contribution in [0.5, 0.6) is 11.5 Å². The number of aromatic nitrogens is 2. The minimum Gasteiger partial charge on any atom is -0.508 e. The van der Waals surface area contributed by atoms with Gasteiger partial charge in [-0.2, -0.15) is 0 Å². The third-order valence-corrected chi connectivity index (χ3v) is 5.74. The molecule has 1 fully saturated rings. The highest BCUT2D eigenvalue weighted by Crippen LogP contribution is 2.44. The van der Waals surface area contributed by atoms with E-state index >= 15 is 0 Å². The van der Waals surface area contributed by atoms with Crippen LogP contribution in [0.25, 0.3) is 11.3 Å². The van der Waals surface area contributed by atoms with E-state index in [2.05, 4.69) is 16.8 Å². The van der Waals surface area contributed by atoms with Crippen molar-refractivity contribution in [2.45, 2.75) is 45.4 Å². The molecule has 0 atom stereocenters. The molecular formula is C23H28N2O4. The van der Waals surface area contributed by atoms with Crippen LogP contribution in [0.2, 0.25) is 0 Å². The number of hydrogen-bond donors (Lipinski definition) is 4. The number of phenolic OH excluding ortho intramolecular Hbond substituents is 2. The molecule has 1 aliphatic carbocycles. The van der Waals surface area contributed by atoms with E-state index in [1.165, 1.54) is 6.07 Å². The van der Waals surface area contributed by atoms with Gasteiger partial charge in [0.1, 0.15) is 11.5 Å². The average molecular weight is 396 g/mol. The zero-order chi connectivity index (χ0) is 21.1. The van der Waals surface area contributed by atoms with Gasteiger partial charge in [0, 0.05) is 23.6 Å². The van der Waals surface area contributed by atoms with Gasteiger partial charge in [-0.3, -0.25) is 15.0 Å². The summed E-state index contributed by atoms with van der Waals surface area (Å²) in [5.41, 5.74) is 3.87. The van der Waals surface area contributed by atoms with Gasteiger partial charge in [-0.1, -0.05) is 25.2 Å². The summed E-state index contributed by atoms with van der Waals surface area (Å²) in [6, 6.07) is 3.14. The Kier molecular flexibility index (Phi) is 6.01. The third-order valence-electron chi connectivity index (χ3n) is 5.74. The number of phenols is 2. The van der Waals surface area contributed by atoms with Crippen LogP contribution in [0.3, 0.4) is 0 Å². The Balaban J connectivity index is 2.03. The minimum atomic E-state index is -0.254. The summed E-state index contributed by atoms with van der Waals surface area (Å²) in [5, 5.41) is 26.2. The van der Waals surface area contributed by atoms with Crippen molar-refractivity contribution < 1.29 is 14.9 Å². The van der Waals surface area contributed by atoms with Gasteiger partial charge in [0.05, 0.1) is 18.6 Å². The topological polar surface area (TPSA) is 98.3 Å². The van der Waals surface area contributed by atoms with Crippen LogP contribution in [0.1, 0.15) is 50.2 Å². The standard InChI is InChI=1S/C23H28N2O4/c1-5-15(9-13(2)14(3)29-4)10-19-22(24-25-23(19)28)18-11-17(16-7-6-8-16)20(26)12-21(18)27/h5,9,11-12,16,26-27H,1,6-8,10H2,2-4H3,(H2,24,25,28)/b14-13+,15-9+. The van der Waals surface area contributed by atoms with Crippen LogP contribution in [0.4, 0.5) is 0 Å². The van der Waals surface area contributed by atoms with E-state index in [-0.39, 0.29) is 23.0 Å². The van der Waals surface area contributed by atoms with Crippen molar-refractivity contribution in [1.29, 1.82) is 0 Å². The van der Waals surface area contributed by atoms with Crippen LogP contribution >= 0.6 is 0 Å². The predicted molar refractivity (Wildman–Crippen MR) is 114 cm³/mol. The van der Waals surface area contributed by atoms with Crippen molar-refractivity contribution in [1.82, 2.24) is 10.2 Å². The quantitative estimate of drug-likeness (QED) is 0.405. The molecule has 0 unspecified atom stereocenters. The lowest BCUT2D eigenvalue weighted by Crippen LogP contribution is -2.09. The highest BCUT2D eigenvalue weighted by atomic mass is 16.5. The van der Waals surface area contributed by atoms with Crippen LogP contribution in [-0.2, 0) is 11.2 Å². The summed E-state index contributed by atoms with van der Waals surface area (Å²) in [6.45, 7) is 7.66. The molecule has 0 radical (unpaired) electrons. The van der Waals surface area contributed by atoms with Gasteiger partial charge in [-0.25, -0.2) is 0 Å². The van der Waals surface area contributed by atoms with Crippen LogP contribution in [0, 0.1) is 0 Å². The minimum absolute atomic E-state index is 0.0718. The molecule has 1 aromatic carbocycles. The lowest BCUT2D eigenvalue weighted by atomic mass is 9.79. The normalized spacial score (nSPS) is 15.6. The molecule has 29 heavy (non-hydrogen) atoms. The van der Waals surface area contributed by atoms with E-state index < -0.39 is 0 Å². The highest BCUT2D eigenvalue weighted by Gasteiger charge is 2.25. The lowest BCUT2D eigenvalue weighted by molar-refractivity contribution is 0.290. The zero-order valence-corrected chi connectivity index (χ0v) is 17.1. The summed E-state index contributed by atoms with van der Waals surface area (Å²) in [6.07, 6.45) is 7.14. The molecule has 0 amide bonds. The molecule has 0 saturated heterocycles. The Labute approximate surface area is 170 Å². The maximum Gasteiger partial charge on any atom is 0.268 e. The maximum absolute atomic E-state index is 12.5.